The zero-order chi connectivity index (χ0) is 21.8. The van der Waals surface area contributed by atoms with E-state index in [0.29, 0.717) is 16.9 Å². The number of benzene rings is 2. The fourth-order valence-electron chi connectivity index (χ4n) is 2.57. The number of furan rings is 1. The topological polar surface area (TPSA) is 85.6 Å². The quantitative estimate of drug-likeness (QED) is 0.471. The summed E-state index contributed by atoms with van der Waals surface area (Å²) in [5, 5.41) is 2.16. The Morgan fingerprint density at radius 2 is 1.70 bits per heavy atom. The Morgan fingerprint density at radius 1 is 1.00 bits per heavy atom. The summed E-state index contributed by atoms with van der Waals surface area (Å²) in [4.78, 5) is 35.7. The summed E-state index contributed by atoms with van der Waals surface area (Å²) in [5.41, 5.74) is 0.822. The maximum Gasteiger partial charge on any atom is 0.375 e. The molecule has 8 heteroatoms. The number of ketones is 1. The smallest absolute Gasteiger partial charge is 0.375 e. The van der Waals surface area contributed by atoms with Crippen LogP contribution in [0.1, 0.15) is 34.8 Å². The summed E-state index contributed by atoms with van der Waals surface area (Å²) in [6.07, 6.45) is -1.29. The minimum absolute atomic E-state index is 0.0735. The summed E-state index contributed by atoms with van der Waals surface area (Å²) in [6, 6.07) is 12.2. The first kappa shape index (κ1) is 20.9. The number of esters is 1. The first-order chi connectivity index (χ1) is 14.2. The lowest BCUT2D eigenvalue weighted by Crippen LogP contribution is -2.30. The molecule has 0 aliphatic carbocycles. The van der Waals surface area contributed by atoms with Gasteiger partial charge < -0.3 is 14.5 Å². The average molecular weight is 413 g/mol. The van der Waals surface area contributed by atoms with Crippen molar-refractivity contribution in [2.75, 3.05) is 5.32 Å². The van der Waals surface area contributed by atoms with E-state index in [0.717, 1.165) is 18.2 Å². The summed E-state index contributed by atoms with van der Waals surface area (Å²) in [7, 11) is 0. The lowest BCUT2D eigenvalue weighted by Gasteiger charge is -2.13. The van der Waals surface area contributed by atoms with E-state index < -0.39 is 29.6 Å². The van der Waals surface area contributed by atoms with Crippen LogP contribution in [0.4, 0.5) is 14.5 Å². The van der Waals surface area contributed by atoms with Crippen molar-refractivity contribution >= 4 is 23.3 Å². The second-order valence-electron chi connectivity index (χ2n) is 6.46. The van der Waals surface area contributed by atoms with Gasteiger partial charge in [-0.05, 0) is 38.1 Å². The fraction of sp³-hybridized carbons (Fsp3) is 0.136. The number of ether oxygens (including phenoxy) is 1. The number of hydrogen-bond donors (Lipinski definition) is 1. The van der Waals surface area contributed by atoms with Crippen molar-refractivity contribution in [3.63, 3.8) is 0 Å². The van der Waals surface area contributed by atoms with Crippen LogP contribution in [0.2, 0.25) is 0 Å². The number of carbonyl (C=O) groups is 3. The van der Waals surface area contributed by atoms with Gasteiger partial charge in [-0.2, -0.15) is 0 Å². The van der Waals surface area contributed by atoms with Crippen molar-refractivity contribution in [2.24, 2.45) is 0 Å². The van der Waals surface area contributed by atoms with Crippen molar-refractivity contribution in [2.45, 2.75) is 20.0 Å². The molecule has 0 fully saturated rings. The van der Waals surface area contributed by atoms with Gasteiger partial charge in [-0.1, -0.05) is 24.3 Å². The molecule has 154 valence electrons. The molecule has 0 bridgehead atoms. The summed E-state index contributed by atoms with van der Waals surface area (Å²) < 4.78 is 37.3. The van der Waals surface area contributed by atoms with Crippen LogP contribution in [-0.2, 0) is 9.53 Å². The van der Waals surface area contributed by atoms with Gasteiger partial charge in [0.15, 0.2) is 11.9 Å². The molecular formula is C22H17F2NO5. The maximum absolute atomic E-state index is 13.6. The number of carbonyl (C=O) groups excluding carboxylic acids is 3. The van der Waals surface area contributed by atoms with Crippen molar-refractivity contribution in [3.05, 3.63) is 77.6 Å². The zero-order valence-corrected chi connectivity index (χ0v) is 16.1. The molecule has 3 aromatic rings. The normalized spacial score (nSPS) is 11.6. The Hall–Kier alpha value is -3.81. The molecule has 2 aromatic carbocycles. The van der Waals surface area contributed by atoms with Crippen molar-refractivity contribution < 1.29 is 32.3 Å². The molecule has 1 aromatic heterocycles. The third-order valence-corrected chi connectivity index (χ3v) is 4.22. The highest BCUT2D eigenvalue weighted by molar-refractivity contribution is 5.97. The SMILES string of the molecule is CC(=O)c1ccc(-c2ccc(C(=O)O[C@H](C)C(=O)Nc3cc(F)ccc3F)o2)cc1. The van der Waals surface area contributed by atoms with Crippen molar-refractivity contribution in [1.82, 2.24) is 0 Å². The molecule has 0 radical (unpaired) electrons. The monoisotopic (exact) mass is 413 g/mol. The van der Waals surface area contributed by atoms with Gasteiger partial charge in [0.2, 0.25) is 5.76 Å². The summed E-state index contributed by atoms with van der Waals surface area (Å²) >= 11 is 0. The van der Waals surface area contributed by atoms with E-state index in [1.807, 2.05) is 0 Å². The third-order valence-electron chi connectivity index (χ3n) is 4.22. The van der Waals surface area contributed by atoms with E-state index in [4.69, 9.17) is 9.15 Å². The highest BCUT2D eigenvalue weighted by atomic mass is 19.1. The molecule has 1 amide bonds. The van der Waals surface area contributed by atoms with Crippen LogP contribution in [0.15, 0.2) is 59.0 Å². The Kier molecular flexibility index (Phi) is 6.06. The Balaban J connectivity index is 1.65. The van der Waals surface area contributed by atoms with Crippen molar-refractivity contribution in [3.8, 4) is 11.3 Å². The average Bonchev–Trinajstić information content (AvgIpc) is 3.21. The standard InChI is InChI=1S/C22H17F2NO5/c1-12(26)14-3-5-15(6-4-14)19-9-10-20(30-19)22(28)29-13(2)21(27)25-18-11-16(23)7-8-17(18)24/h3-11,13H,1-2H3,(H,25,27)/t13-/m1/s1. The molecule has 6 nitrogen and oxygen atoms in total. The van der Waals surface area contributed by atoms with E-state index in [1.165, 1.54) is 19.9 Å². The predicted octanol–water partition coefficient (Wildman–Crippen LogP) is 4.61. The molecule has 1 N–H and O–H groups in total. The molecule has 0 spiro atoms. The number of amides is 1. The lowest BCUT2D eigenvalue weighted by molar-refractivity contribution is -0.123. The molecule has 1 heterocycles. The predicted molar refractivity (Wildman–Crippen MR) is 104 cm³/mol. The highest BCUT2D eigenvalue weighted by Crippen LogP contribution is 2.23. The van der Waals surface area contributed by atoms with Crippen molar-refractivity contribution in [1.29, 1.82) is 0 Å². The van der Waals surface area contributed by atoms with Crippen LogP contribution in [0, 0.1) is 11.6 Å². The zero-order valence-electron chi connectivity index (χ0n) is 16.1. The molecule has 3 rings (SSSR count). The van der Waals surface area contributed by atoms with Crippen LogP contribution < -0.4 is 5.32 Å². The van der Waals surface area contributed by atoms with Gasteiger partial charge in [0.05, 0.1) is 5.69 Å². The molecular weight excluding hydrogens is 396 g/mol. The van der Waals surface area contributed by atoms with Gasteiger partial charge >= 0.3 is 5.97 Å². The third kappa shape index (κ3) is 4.78. The van der Waals surface area contributed by atoms with Gasteiger partial charge in [0.25, 0.3) is 5.91 Å². The van der Waals surface area contributed by atoms with Crippen LogP contribution >= 0.6 is 0 Å². The van der Waals surface area contributed by atoms with Gasteiger partial charge in [-0.25, -0.2) is 13.6 Å². The summed E-state index contributed by atoms with van der Waals surface area (Å²) in [5.74, 6) is -3.13. The number of rotatable bonds is 6. The molecule has 0 aliphatic heterocycles. The first-order valence-corrected chi connectivity index (χ1v) is 8.92. The minimum Gasteiger partial charge on any atom is -0.449 e. The van der Waals surface area contributed by atoms with Crippen LogP contribution in [0.5, 0.6) is 0 Å². The van der Waals surface area contributed by atoms with E-state index in [2.05, 4.69) is 5.32 Å². The molecule has 0 aliphatic rings. The highest BCUT2D eigenvalue weighted by Gasteiger charge is 2.22. The van der Waals surface area contributed by atoms with Crippen LogP contribution in [-0.4, -0.2) is 23.8 Å². The Labute approximate surface area is 170 Å². The number of nitrogens with one attached hydrogen (secondary N) is 1. The largest absolute Gasteiger partial charge is 0.449 e. The Bertz CT molecular complexity index is 1100. The molecule has 0 unspecified atom stereocenters. The van der Waals surface area contributed by atoms with Gasteiger partial charge in [-0.15, -0.1) is 0 Å². The lowest BCUT2D eigenvalue weighted by atomic mass is 10.1. The fourth-order valence-corrected chi connectivity index (χ4v) is 2.57. The first-order valence-electron chi connectivity index (χ1n) is 8.92. The minimum atomic E-state index is -1.29. The number of halogens is 2. The van der Waals surface area contributed by atoms with E-state index in [9.17, 15) is 23.2 Å². The Morgan fingerprint density at radius 3 is 2.37 bits per heavy atom. The molecule has 1 atom stereocenters. The van der Waals surface area contributed by atoms with Gasteiger partial charge in [0, 0.05) is 17.2 Å². The van der Waals surface area contributed by atoms with Gasteiger partial charge in [0.1, 0.15) is 17.4 Å². The molecule has 30 heavy (non-hydrogen) atoms. The number of hydrogen-bond acceptors (Lipinski definition) is 5. The van der Waals surface area contributed by atoms with E-state index in [1.54, 1.807) is 30.3 Å². The summed E-state index contributed by atoms with van der Waals surface area (Å²) in [6.45, 7) is 2.74. The second-order valence-corrected chi connectivity index (χ2v) is 6.46. The number of anilines is 1. The van der Waals surface area contributed by atoms with Crippen LogP contribution in [0.3, 0.4) is 0 Å². The second kappa shape index (κ2) is 8.69. The van der Waals surface area contributed by atoms with Gasteiger partial charge in [-0.3, -0.25) is 9.59 Å². The molecule has 0 saturated heterocycles. The van der Waals surface area contributed by atoms with E-state index >= 15 is 0 Å². The maximum atomic E-state index is 13.6. The number of Topliss-reactive ketones (excluding diaryl/α,β-unsaturated/α-hetero) is 1. The molecule has 0 saturated carbocycles. The van der Waals surface area contributed by atoms with E-state index in [-0.39, 0.29) is 17.2 Å². The van der Waals surface area contributed by atoms with Crippen LogP contribution in [0.25, 0.3) is 11.3 Å².